The molecule has 4 unspecified atom stereocenters. The van der Waals surface area contributed by atoms with E-state index in [1.54, 1.807) is 0 Å². The Balaban J connectivity index is 1.47. The lowest BCUT2D eigenvalue weighted by molar-refractivity contribution is -0.137. The average Bonchev–Trinajstić information content (AvgIpc) is 2.99. The Morgan fingerprint density at radius 1 is 0.929 bits per heavy atom. The molecule has 8 atom stereocenters. The second-order valence-corrected chi connectivity index (χ2v) is 12.1. The third kappa shape index (κ3) is 3.35. The fourth-order valence-corrected chi connectivity index (χ4v) is 8.73. The van der Waals surface area contributed by atoms with Crippen LogP contribution in [0.1, 0.15) is 105 Å². The normalized spacial score (nSPS) is 46.5. The molecule has 160 valence electrons. The summed E-state index contributed by atoms with van der Waals surface area (Å²) in [6.45, 7) is 12.5. The van der Waals surface area contributed by atoms with Gasteiger partial charge in [0, 0.05) is 12.5 Å². The molecule has 0 aromatic carbocycles. The van der Waals surface area contributed by atoms with Gasteiger partial charge in [0.05, 0.1) is 0 Å². The van der Waals surface area contributed by atoms with Crippen LogP contribution in [0, 0.1) is 46.3 Å². The molecule has 0 aromatic rings. The zero-order valence-corrected chi connectivity index (χ0v) is 19.2. The molecule has 0 spiro atoms. The summed E-state index contributed by atoms with van der Waals surface area (Å²) in [5, 5.41) is 3.38. The van der Waals surface area contributed by atoms with Crippen molar-refractivity contribution < 1.29 is 4.79 Å². The molecular formula is C26H45NO. The summed E-state index contributed by atoms with van der Waals surface area (Å²) in [5.41, 5.74) is 0.943. The van der Waals surface area contributed by atoms with Crippen molar-refractivity contribution in [3.05, 3.63) is 0 Å². The van der Waals surface area contributed by atoms with Crippen molar-refractivity contribution in [3.8, 4) is 0 Å². The summed E-state index contributed by atoms with van der Waals surface area (Å²) in [6.07, 6.45) is 14.5. The minimum atomic E-state index is 0.303. The van der Waals surface area contributed by atoms with E-state index in [0.29, 0.717) is 22.8 Å². The van der Waals surface area contributed by atoms with Crippen molar-refractivity contribution in [2.45, 2.75) is 111 Å². The Bertz CT molecular complexity index is 585. The number of piperidine rings is 1. The first-order valence-corrected chi connectivity index (χ1v) is 12.5. The van der Waals surface area contributed by atoms with Crippen LogP contribution in [0.4, 0.5) is 0 Å². The first-order chi connectivity index (χ1) is 13.3. The molecule has 2 heteroatoms. The van der Waals surface area contributed by atoms with Crippen molar-refractivity contribution in [3.63, 3.8) is 0 Å². The summed E-state index contributed by atoms with van der Waals surface area (Å²) in [5.74, 6) is 5.70. The Labute approximate surface area is 174 Å². The van der Waals surface area contributed by atoms with Gasteiger partial charge in [-0.3, -0.25) is 4.79 Å². The minimum Gasteiger partial charge on any atom is -0.353 e. The van der Waals surface area contributed by atoms with Crippen LogP contribution >= 0.6 is 0 Å². The number of nitrogens with one attached hydrogen (secondary N) is 1. The summed E-state index contributed by atoms with van der Waals surface area (Å²) in [6, 6.07) is 0.450. The maximum atomic E-state index is 12.0. The van der Waals surface area contributed by atoms with E-state index >= 15 is 0 Å². The number of carbonyl (C=O) groups is 1. The smallest absolute Gasteiger partial charge is 0.220 e. The van der Waals surface area contributed by atoms with E-state index in [4.69, 9.17) is 0 Å². The van der Waals surface area contributed by atoms with E-state index in [9.17, 15) is 4.79 Å². The number of carbonyl (C=O) groups excluding carboxylic acids is 1. The van der Waals surface area contributed by atoms with Crippen molar-refractivity contribution in [1.29, 1.82) is 0 Å². The van der Waals surface area contributed by atoms with Crippen molar-refractivity contribution in [2.75, 3.05) is 0 Å². The van der Waals surface area contributed by atoms with Gasteiger partial charge in [-0.1, -0.05) is 53.9 Å². The predicted octanol–water partition coefficient (Wildman–Crippen LogP) is 6.59. The molecule has 0 aromatic heterocycles. The van der Waals surface area contributed by atoms with Crippen molar-refractivity contribution in [1.82, 2.24) is 5.32 Å². The van der Waals surface area contributed by atoms with Gasteiger partial charge in [0.1, 0.15) is 0 Å². The molecule has 4 fully saturated rings. The van der Waals surface area contributed by atoms with E-state index in [1.807, 2.05) is 0 Å². The molecule has 4 rings (SSSR count). The van der Waals surface area contributed by atoms with Crippen LogP contribution in [0.3, 0.4) is 0 Å². The zero-order valence-electron chi connectivity index (χ0n) is 19.2. The monoisotopic (exact) mass is 387 g/mol. The maximum absolute atomic E-state index is 12.0. The van der Waals surface area contributed by atoms with E-state index in [-0.39, 0.29) is 0 Å². The van der Waals surface area contributed by atoms with E-state index in [0.717, 1.165) is 48.3 Å². The first-order valence-electron chi connectivity index (χ1n) is 12.5. The number of fused-ring (bicyclic) bond motifs is 5. The Kier molecular flexibility index (Phi) is 5.64. The average molecular weight is 388 g/mol. The molecular weight excluding hydrogens is 342 g/mol. The van der Waals surface area contributed by atoms with Crippen LogP contribution in [0.5, 0.6) is 0 Å². The SMILES string of the molecule is CC(C)CCC[C@@H](C)[C@H]1CCC2C3CCC4NC(=O)CC[C@]4(C)C3CC[C@@]21C. The van der Waals surface area contributed by atoms with Gasteiger partial charge < -0.3 is 5.32 Å². The second kappa shape index (κ2) is 7.62. The van der Waals surface area contributed by atoms with Gasteiger partial charge in [0.25, 0.3) is 0 Å². The van der Waals surface area contributed by atoms with Crippen LogP contribution in [-0.4, -0.2) is 11.9 Å². The minimum absolute atomic E-state index is 0.303. The van der Waals surface area contributed by atoms with Crippen LogP contribution in [0.25, 0.3) is 0 Å². The van der Waals surface area contributed by atoms with E-state index in [1.165, 1.54) is 57.8 Å². The third-order valence-electron chi connectivity index (χ3n) is 10.3. The Hall–Kier alpha value is -0.530. The molecule has 1 amide bonds. The van der Waals surface area contributed by atoms with Crippen molar-refractivity contribution >= 4 is 5.91 Å². The summed E-state index contributed by atoms with van der Waals surface area (Å²) >= 11 is 0. The van der Waals surface area contributed by atoms with Crippen LogP contribution in [0.15, 0.2) is 0 Å². The molecule has 2 nitrogen and oxygen atoms in total. The summed E-state index contributed by atoms with van der Waals surface area (Å²) in [7, 11) is 0. The Morgan fingerprint density at radius 2 is 1.68 bits per heavy atom. The van der Waals surface area contributed by atoms with Crippen LogP contribution in [0.2, 0.25) is 0 Å². The molecule has 1 N–H and O–H groups in total. The van der Waals surface area contributed by atoms with Crippen LogP contribution in [-0.2, 0) is 4.79 Å². The number of hydrogen-bond acceptors (Lipinski definition) is 1. The zero-order chi connectivity index (χ0) is 20.1. The largest absolute Gasteiger partial charge is 0.353 e. The highest BCUT2D eigenvalue weighted by molar-refractivity contribution is 5.77. The molecule has 3 saturated carbocycles. The lowest BCUT2D eigenvalue weighted by Gasteiger charge is -2.60. The van der Waals surface area contributed by atoms with Gasteiger partial charge in [-0.2, -0.15) is 0 Å². The molecule has 1 heterocycles. The molecule has 3 aliphatic carbocycles. The highest BCUT2D eigenvalue weighted by atomic mass is 16.1. The summed E-state index contributed by atoms with van der Waals surface area (Å²) in [4.78, 5) is 12.0. The fourth-order valence-electron chi connectivity index (χ4n) is 8.73. The molecule has 4 aliphatic rings. The molecule has 1 aliphatic heterocycles. The summed E-state index contributed by atoms with van der Waals surface area (Å²) < 4.78 is 0. The van der Waals surface area contributed by atoms with Crippen LogP contribution < -0.4 is 5.32 Å². The number of rotatable bonds is 5. The van der Waals surface area contributed by atoms with Gasteiger partial charge in [0.2, 0.25) is 5.91 Å². The van der Waals surface area contributed by atoms with E-state index in [2.05, 4.69) is 39.9 Å². The number of amides is 1. The third-order valence-corrected chi connectivity index (χ3v) is 10.3. The molecule has 28 heavy (non-hydrogen) atoms. The predicted molar refractivity (Wildman–Crippen MR) is 117 cm³/mol. The van der Waals surface area contributed by atoms with Gasteiger partial charge in [-0.15, -0.1) is 0 Å². The molecule has 0 bridgehead atoms. The standard InChI is InChI=1S/C26H45NO/c1-17(2)7-6-8-18(3)20-10-11-21-19-9-12-23-26(5,16-14-24(28)27-23)22(19)13-15-25(20,21)4/h17-23H,6-16H2,1-5H3,(H,27,28)/t18-,19?,20-,21?,22?,23?,25-,26-/m1/s1. The van der Waals surface area contributed by atoms with Gasteiger partial charge in [0.15, 0.2) is 0 Å². The Morgan fingerprint density at radius 3 is 2.43 bits per heavy atom. The molecule has 1 saturated heterocycles. The van der Waals surface area contributed by atoms with E-state index < -0.39 is 0 Å². The lowest BCUT2D eigenvalue weighted by atomic mass is 9.46. The van der Waals surface area contributed by atoms with Gasteiger partial charge in [-0.25, -0.2) is 0 Å². The topological polar surface area (TPSA) is 29.1 Å². The first kappa shape index (κ1) is 20.7. The molecule has 0 radical (unpaired) electrons. The van der Waals surface area contributed by atoms with Crippen molar-refractivity contribution in [2.24, 2.45) is 46.3 Å². The number of hydrogen-bond donors (Lipinski definition) is 1. The lowest BCUT2D eigenvalue weighted by Crippen LogP contribution is -2.61. The van der Waals surface area contributed by atoms with Gasteiger partial charge in [-0.05, 0) is 91.3 Å². The highest BCUT2D eigenvalue weighted by Crippen LogP contribution is 2.66. The maximum Gasteiger partial charge on any atom is 0.220 e. The fraction of sp³-hybridized carbons (Fsp3) is 0.962. The second-order valence-electron chi connectivity index (χ2n) is 12.1. The highest BCUT2D eigenvalue weighted by Gasteiger charge is 2.60. The quantitative estimate of drug-likeness (QED) is 0.566. The van der Waals surface area contributed by atoms with Gasteiger partial charge >= 0.3 is 0 Å².